The Morgan fingerprint density at radius 1 is 1.48 bits per heavy atom. The van der Waals surface area contributed by atoms with E-state index in [0.717, 1.165) is 14.8 Å². The molecule has 1 aliphatic heterocycles. The molecule has 1 aromatic carbocycles. The molecule has 4 rings (SSSR count). The maximum atomic E-state index is 12.3. The minimum atomic E-state index is -0.829. The van der Waals surface area contributed by atoms with Crippen LogP contribution >= 0.6 is 22.6 Å². The van der Waals surface area contributed by atoms with Crippen molar-refractivity contribution in [2.45, 2.75) is 6.10 Å². The van der Waals surface area contributed by atoms with E-state index in [1.54, 1.807) is 12.2 Å². The Balaban J connectivity index is 1.77. The minimum Gasteiger partial charge on any atom is -0.468 e. The molecule has 0 spiro atoms. The summed E-state index contributed by atoms with van der Waals surface area (Å²) in [6.45, 7) is 0. The number of aliphatic hydroxyl groups excluding tert-OH is 1. The number of carbonyl (C=O) groups is 2. The number of fused-ring (bicyclic) bond motifs is 2. The van der Waals surface area contributed by atoms with Gasteiger partial charge in [-0.15, -0.1) is 0 Å². The Labute approximate surface area is 146 Å². The molecular weight excluding hydrogens is 409 g/mol. The van der Waals surface area contributed by atoms with E-state index < -0.39 is 11.5 Å². The lowest BCUT2D eigenvalue weighted by atomic mass is 10.00. The predicted molar refractivity (Wildman–Crippen MR) is 92.3 cm³/mol. The van der Waals surface area contributed by atoms with Gasteiger partial charge in [-0.25, -0.2) is 0 Å². The summed E-state index contributed by atoms with van der Waals surface area (Å²) in [6, 6.07) is 5.68. The van der Waals surface area contributed by atoms with Gasteiger partial charge in [-0.3, -0.25) is 9.59 Å². The zero-order valence-electron chi connectivity index (χ0n) is 12.2. The molecule has 1 aromatic rings. The van der Waals surface area contributed by atoms with Gasteiger partial charge < -0.3 is 15.2 Å². The molecule has 0 bridgehead atoms. The van der Waals surface area contributed by atoms with Crippen LogP contribution < -0.4 is 5.32 Å². The van der Waals surface area contributed by atoms with Crippen molar-refractivity contribution in [3.05, 3.63) is 45.6 Å². The second kappa shape index (κ2) is 4.91. The highest BCUT2D eigenvalue weighted by molar-refractivity contribution is 14.1. The highest BCUT2D eigenvalue weighted by Gasteiger charge is 2.72. The van der Waals surface area contributed by atoms with Crippen molar-refractivity contribution in [3.8, 4) is 0 Å². The smallest absolute Gasteiger partial charge is 0.316 e. The number of allylic oxidation sites excluding steroid dienone is 1. The third kappa shape index (κ3) is 1.88. The number of amides is 1. The van der Waals surface area contributed by atoms with Crippen molar-refractivity contribution in [2.75, 3.05) is 12.4 Å². The Bertz CT molecular complexity index is 800. The molecule has 3 aliphatic rings. The Morgan fingerprint density at radius 3 is 3.00 bits per heavy atom. The SMILES string of the molecule is COC(=O)[C@@]12C=C[C@H](O)[C@@H]1[C@@H]2/C=C1\C(=O)Nc2cccc(I)c21. The van der Waals surface area contributed by atoms with Crippen molar-refractivity contribution < 1.29 is 19.4 Å². The number of anilines is 1. The largest absolute Gasteiger partial charge is 0.468 e. The van der Waals surface area contributed by atoms with Gasteiger partial charge in [0.1, 0.15) is 0 Å². The fourth-order valence-corrected chi connectivity index (χ4v) is 4.65. The molecule has 23 heavy (non-hydrogen) atoms. The van der Waals surface area contributed by atoms with Gasteiger partial charge in [0, 0.05) is 26.5 Å². The van der Waals surface area contributed by atoms with Crippen molar-refractivity contribution in [1.29, 1.82) is 0 Å². The number of aliphatic hydroxyl groups is 1. The predicted octanol–water partition coefficient (Wildman–Crippen LogP) is 1.96. The van der Waals surface area contributed by atoms with Crippen LogP contribution in [-0.4, -0.2) is 30.2 Å². The average molecular weight is 423 g/mol. The molecule has 1 fully saturated rings. The monoisotopic (exact) mass is 423 g/mol. The number of methoxy groups -OCH3 is 1. The second-order valence-electron chi connectivity index (χ2n) is 6.02. The van der Waals surface area contributed by atoms with E-state index in [0.29, 0.717) is 5.57 Å². The van der Waals surface area contributed by atoms with Crippen LogP contribution in [0.5, 0.6) is 0 Å². The molecule has 1 amide bonds. The van der Waals surface area contributed by atoms with Crippen LogP contribution in [0.3, 0.4) is 0 Å². The molecule has 2 N–H and O–H groups in total. The number of halogens is 1. The summed E-state index contributed by atoms with van der Waals surface area (Å²) in [7, 11) is 1.34. The van der Waals surface area contributed by atoms with Gasteiger partial charge in [0.05, 0.1) is 24.3 Å². The van der Waals surface area contributed by atoms with Crippen molar-refractivity contribution >= 4 is 45.7 Å². The highest BCUT2D eigenvalue weighted by atomic mass is 127. The standard InChI is InChI=1S/C17H14INO4/c1-23-16(22)17-6-5-12(20)14(17)9(17)7-8-13-10(18)3-2-4-11(13)19-15(8)21/h2-7,9,12,14,20H,1H3,(H,19,21)/b8-7-/t9-,12-,14-,17+/m0/s1. The van der Waals surface area contributed by atoms with E-state index in [-0.39, 0.29) is 23.7 Å². The van der Waals surface area contributed by atoms with Gasteiger partial charge in [0.15, 0.2) is 0 Å². The maximum absolute atomic E-state index is 12.3. The molecule has 0 aromatic heterocycles. The molecule has 6 heteroatoms. The fourth-order valence-electron chi connectivity index (χ4n) is 3.86. The van der Waals surface area contributed by atoms with Gasteiger partial charge in [-0.2, -0.15) is 0 Å². The lowest BCUT2D eigenvalue weighted by Crippen LogP contribution is -2.18. The average Bonchev–Trinajstić information content (AvgIpc) is 2.85. The molecule has 118 valence electrons. The lowest BCUT2D eigenvalue weighted by molar-refractivity contribution is -0.146. The fraction of sp³-hybridized carbons (Fsp3) is 0.294. The van der Waals surface area contributed by atoms with Gasteiger partial charge in [-0.1, -0.05) is 24.3 Å². The first-order valence-electron chi connectivity index (χ1n) is 7.28. The molecule has 5 nitrogen and oxygen atoms in total. The molecule has 0 saturated heterocycles. The molecular formula is C17H14INO4. The van der Waals surface area contributed by atoms with E-state index >= 15 is 0 Å². The van der Waals surface area contributed by atoms with Gasteiger partial charge in [0.2, 0.25) is 0 Å². The Hall–Kier alpha value is -1.67. The maximum Gasteiger partial charge on any atom is 0.316 e. The van der Waals surface area contributed by atoms with Crippen molar-refractivity contribution in [2.24, 2.45) is 17.3 Å². The van der Waals surface area contributed by atoms with Crippen LogP contribution in [0.2, 0.25) is 0 Å². The van der Waals surface area contributed by atoms with Crippen LogP contribution in [0, 0.1) is 20.8 Å². The van der Waals surface area contributed by atoms with Crippen molar-refractivity contribution in [1.82, 2.24) is 0 Å². The van der Waals surface area contributed by atoms with E-state index in [9.17, 15) is 14.7 Å². The third-order valence-electron chi connectivity index (χ3n) is 4.98. The summed E-state index contributed by atoms with van der Waals surface area (Å²) in [5.74, 6) is -1.01. The Morgan fingerprint density at radius 2 is 2.26 bits per heavy atom. The van der Waals surface area contributed by atoms with Gasteiger partial charge >= 0.3 is 5.97 Å². The molecule has 1 saturated carbocycles. The van der Waals surface area contributed by atoms with E-state index in [4.69, 9.17) is 4.74 Å². The summed E-state index contributed by atoms with van der Waals surface area (Å²) in [6.07, 6.45) is 4.48. The van der Waals surface area contributed by atoms with Crippen LogP contribution in [0.15, 0.2) is 36.4 Å². The quantitative estimate of drug-likeness (QED) is 0.330. The highest BCUT2D eigenvalue weighted by Crippen LogP contribution is 2.67. The number of nitrogens with one attached hydrogen (secondary N) is 1. The van der Waals surface area contributed by atoms with Crippen LogP contribution in [0.4, 0.5) is 5.69 Å². The summed E-state index contributed by atoms with van der Waals surface area (Å²) in [4.78, 5) is 24.5. The minimum absolute atomic E-state index is 0.174. The zero-order valence-corrected chi connectivity index (χ0v) is 14.4. The first kappa shape index (κ1) is 14.9. The molecule has 2 aliphatic carbocycles. The van der Waals surface area contributed by atoms with Crippen LogP contribution in [0.1, 0.15) is 5.56 Å². The number of benzene rings is 1. The topological polar surface area (TPSA) is 75.6 Å². The summed E-state index contributed by atoms with van der Waals surface area (Å²) in [5.41, 5.74) is 1.38. The van der Waals surface area contributed by atoms with Crippen molar-refractivity contribution in [3.63, 3.8) is 0 Å². The Kier molecular flexibility index (Phi) is 3.18. The number of hydrogen-bond acceptors (Lipinski definition) is 4. The van der Waals surface area contributed by atoms with Gasteiger partial charge in [0.25, 0.3) is 5.91 Å². The molecule has 4 atom stereocenters. The number of ether oxygens (including phenoxy) is 1. The molecule has 0 radical (unpaired) electrons. The zero-order chi connectivity index (χ0) is 16.4. The third-order valence-corrected chi connectivity index (χ3v) is 5.88. The van der Waals surface area contributed by atoms with Gasteiger partial charge in [-0.05, 0) is 34.7 Å². The molecule has 0 unspecified atom stereocenters. The summed E-state index contributed by atoms with van der Waals surface area (Å²) in [5, 5.41) is 12.9. The normalized spacial score (nSPS) is 35.0. The van der Waals surface area contributed by atoms with Crippen LogP contribution in [-0.2, 0) is 14.3 Å². The first-order chi connectivity index (χ1) is 11.0. The number of hydrogen-bond donors (Lipinski definition) is 2. The first-order valence-corrected chi connectivity index (χ1v) is 8.36. The van der Waals surface area contributed by atoms with E-state index in [1.807, 2.05) is 24.3 Å². The van der Waals surface area contributed by atoms with E-state index in [1.165, 1.54) is 7.11 Å². The summed E-state index contributed by atoms with van der Waals surface area (Å²) < 4.78 is 5.88. The second-order valence-corrected chi connectivity index (χ2v) is 7.18. The summed E-state index contributed by atoms with van der Waals surface area (Å²) >= 11 is 2.19. The lowest BCUT2D eigenvalue weighted by Gasteiger charge is -2.07. The number of carbonyl (C=O) groups excluding carboxylic acids is 2. The number of rotatable bonds is 2. The number of esters is 1. The van der Waals surface area contributed by atoms with Crippen LogP contribution in [0.25, 0.3) is 5.57 Å². The molecule has 1 heterocycles. The van der Waals surface area contributed by atoms with E-state index in [2.05, 4.69) is 27.9 Å².